The molecule has 2 heterocycles. The Morgan fingerprint density at radius 3 is 2.67 bits per heavy atom. The Morgan fingerprint density at radius 1 is 1.30 bits per heavy atom. The molecule has 0 radical (unpaired) electrons. The molecule has 0 unspecified atom stereocenters. The smallest absolute Gasteiger partial charge is 0.416 e. The van der Waals surface area contributed by atoms with Crippen LogP contribution in [0.5, 0.6) is 5.75 Å². The largest absolute Gasteiger partial charge is 0.493 e. The Balaban J connectivity index is 2.16. The third-order valence-corrected chi connectivity index (χ3v) is 4.10. The fourth-order valence-electron chi connectivity index (χ4n) is 2.72. The standard InChI is InChI=1S/C18H16F3N3O3/c1-10-5-6-11(8-13(10)18(19,20)21)22-15-12(9-25)17(26)24-7-3-4-14(27-2)16(24)23-15/h3-8,22,25H,9H2,1-2H3. The number of aliphatic hydroxyl groups excluding tert-OH is 1. The number of ether oxygens (including phenoxy) is 1. The lowest BCUT2D eigenvalue weighted by Gasteiger charge is -2.15. The molecular formula is C18H16F3N3O3. The molecule has 0 fully saturated rings. The highest BCUT2D eigenvalue weighted by Gasteiger charge is 2.32. The van der Waals surface area contributed by atoms with Crippen molar-refractivity contribution in [1.82, 2.24) is 9.38 Å². The lowest BCUT2D eigenvalue weighted by molar-refractivity contribution is -0.138. The molecule has 2 aromatic heterocycles. The van der Waals surface area contributed by atoms with E-state index in [0.717, 1.165) is 6.07 Å². The van der Waals surface area contributed by atoms with Gasteiger partial charge >= 0.3 is 6.18 Å². The zero-order valence-corrected chi connectivity index (χ0v) is 14.5. The van der Waals surface area contributed by atoms with Crippen LogP contribution in [-0.2, 0) is 12.8 Å². The van der Waals surface area contributed by atoms with Crippen molar-refractivity contribution in [3.8, 4) is 5.75 Å². The van der Waals surface area contributed by atoms with Gasteiger partial charge < -0.3 is 15.2 Å². The molecule has 0 atom stereocenters. The summed E-state index contributed by atoms with van der Waals surface area (Å²) >= 11 is 0. The van der Waals surface area contributed by atoms with Crippen molar-refractivity contribution in [3.05, 3.63) is 63.6 Å². The zero-order chi connectivity index (χ0) is 19.8. The summed E-state index contributed by atoms with van der Waals surface area (Å²) in [5.74, 6) is 0.269. The second-order valence-corrected chi connectivity index (χ2v) is 5.82. The second kappa shape index (κ2) is 6.92. The summed E-state index contributed by atoms with van der Waals surface area (Å²) in [7, 11) is 1.41. The van der Waals surface area contributed by atoms with Gasteiger partial charge in [0.25, 0.3) is 5.56 Å². The van der Waals surface area contributed by atoms with E-state index in [0.29, 0.717) is 5.75 Å². The van der Waals surface area contributed by atoms with Crippen LogP contribution < -0.4 is 15.6 Å². The minimum atomic E-state index is -4.51. The number of fused-ring (bicyclic) bond motifs is 1. The molecule has 0 amide bonds. The molecular weight excluding hydrogens is 363 g/mol. The van der Waals surface area contributed by atoms with Crippen molar-refractivity contribution in [2.75, 3.05) is 12.4 Å². The van der Waals surface area contributed by atoms with Crippen LogP contribution in [0.15, 0.2) is 41.3 Å². The number of hydrogen-bond acceptors (Lipinski definition) is 5. The Bertz CT molecular complexity index is 1060. The molecule has 0 spiro atoms. The van der Waals surface area contributed by atoms with Crippen molar-refractivity contribution >= 4 is 17.2 Å². The van der Waals surface area contributed by atoms with Crippen molar-refractivity contribution in [2.24, 2.45) is 0 Å². The summed E-state index contributed by atoms with van der Waals surface area (Å²) in [6.45, 7) is 0.726. The Kier molecular flexibility index (Phi) is 4.79. The Hall–Kier alpha value is -3.07. The number of pyridine rings is 1. The van der Waals surface area contributed by atoms with Crippen LogP contribution >= 0.6 is 0 Å². The molecule has 0 saturated carbocycles. The van der Waals surface area contributed by atoms with Gasteiger partial charge in [-0.25, -0.2) is 4.98 Å². The maximum Gasteiger partial charge on any atom is 0.416 e. The summed E-state index contributed by atoms with van der Waals surface area (Å²) in [5, 5.41) is 12.3. The maximum atomic E-state index is 13.1. The minimum absolute atomic E-state index is 0.0380. The van der Waals surface area contributed by atoms with Gasteiger partial charge in [-0.2, -0.15) is 13.2 Å². The topological polar surface area (TPSA) is 75.9 Å². The van der Waals surface area contributed by atoms with Gasteiger partial charge in [0, 0.05) is 11.9 Å². The summed E-state index contributed by atoms with van der Waals surface area (Å²) in [6.07, 6.45) is -3.05. The van der Waals surface area contributed by atoms with E-state index in [1.54, 1.807) is 12.1 Å². The van der Waals surface area contributed by atoms with E-state index in [1.165, 1.54) is 36.8 Å². The van der Waals surface area contributed by atoms with E-state index in [1.807, 2.05) is 0 Å². The number of aryl methyl sites for hydroxylation is 1. The van der Waals surface area contributed by atoms with Crippen molar-refractivity contribution in [2.45, 2.75) is 19.7 Å². The first-order valence-electron chi connectivity index (χ1n) is 7.90. The normalized spacial score (nSPS) is 11.6. The minimum Gasteiger partial charge on any atom is -0.493 e. The molecule has 142 valence electrons. The number of halogens is 3. The number of nitrogens with one attached hydrogen (secondary N) is 1. The highest BCUT2D eigenvalue weighted by Crippen LogP contribution is 2.34. The maximum absolute atomic E-state index is 13.1. The molecule has 3 rings (SSSR count). The van der Waals surface area contributed by atoms with Gasteiger partial charge in [-0.15, -0.1) is 0 Å². The average molecular weight is 379 g/mol. The molecule has 0 saturated heterocycles. The molecule has 1 aromatic carbocycles. The lowest BCUT2D eigenvalue weighted by atomic mass is 10.1. The first-order chi connectivity index (χ1) is 12.8. The van der Waals surface area contributed by atoms with Gasteiger partial charge in [0.05, 0.1) is 24.8 Å². The van der Waals surface area contributed by atoms with E-state index in [4.69, 9.17) is 4.74 Å². The number of nitrogens with zero attached hydrogens (tertiary/aromatic N) is 2. The summed E-state index contributed by atoms with van der Waals surface area (Å²) in [6, 6.07) is 6.87. The molecule has 0 aliphatic carbocycles. The monoisotopic (exact) mass is 379 g/mol. The quantitative estimate of drug-likeness (QED) is 0.728. The number of anilines is 2. The SMILES string of the molecule is COc1cccn2c(=O)c(CO)c(Nc3ccc(C)c(C(F)(F)F)c3)nc12. The molecule has 2 N–H and O–H groups in total. The van der Waals surface area contributed by atoms with E-state index in [2.05, 4.69) is 10.3 Å². The van der Waals surface area contributed by atoms with Crippen LogP contribution in [0.2, 0.25) is 0 Å². The highest BCUT2D eigenvalue weighted by molar-refractivity contribution is 5.65. The van der Waals surface area contributed by atoms with Crippen LogP contribution in [0.4, 0.5) is 24.7 Å². The second-order valence-electron chi connectivity index (χ2n) is 5.82. The number of aromatic nitrogens is 2. The van der Waals surface area contributed by atoms with Gasteiger partial charge in [0.1, 0.15) is 5.82 Å². The number of benzene rings is 1. The number of alkyl halides is 3. The van der Waals surface area contributed by atoms with Gasteiger partial charge in [-0.3, -0.25) is 9.20 Å². The molecule has 0 aliphatic heterocycles. The van der Waals surface area contributed by atoms with Gasteiger partial charge in [-0.1, -0.05) is 6.07 Å². The average Bonchev–Trinajstić information content (AvgIpc) is 2.62. The predicted octanol–water partition coefficient (Wildman–Crippen LogP) is 3.27. The molecule has 3 aromatic rings. The Morgan fingerprint density at radius 2 is 2.04 bits per heavy atom. The number of hydrogen-bond donors (Lipinski definition) is 2. The third-order valence-electron chi connectivity index (χ3n) is 4.10. The lowest BCUT2D eigenvalue weighted by Crippen LogP contribution is -2.22. The van der Waals surface area contributed by atoms with E-state index < -0.39 is 23.9 Å². The van der Waals surface area contributed by atoms with Crippen LogP contribution in [0.1, 0.15) is 16.7 Å². The first kappa shape index (κ1) is 18.7. The number of rotatable bonds is 4. The van der Waals surface area contributed by atoms with Crippen molar-refractivity contribution in [1.29, 1.82) is 0 Å². The summed E-state index contributed by atoms with van der Waals surface area (Å²) < 4.78 is 45.8. The van der Waals surface area contributed by atoms with Crippen LogP contribution in [0.25, 0.3) is 5.65 Å². The number of aliphatic hydroxyl groups is 1. The molecule has 0 bridgehead atoms. The van der Waals surface area contributed by atoms with E-state index in [-0.39, 0.29) is 28.3 Å². The molecule has 9 heteroatoms. The summed E-state index contributed by atoms with van der Waals surface area (Å²) in [5.41, 5.74) is -1.08. The van der Waals surface area contributed by atoms with Crippen molar-refractivity contribution in [3.63, 3.8) is 0 Å². The van der Waals surface area contributed by atoms with Gasteiger partial charge in [0.15, 0.2) is 11.4 Å². The zero-order valence-electron chi connectivity index (χ0n) is 14.5. The fraction of sp³-hybridized carbons (Fsp3) is 0.222. The van der Waals surface area contributed by atoms with Gasteiger partial charge in [0.2, 0.25) is 0 Å². The van der Waals surface area contributed by atoms with Crippen molar-refractivity contribution < 1.29 is 23.0 Å². The van der Waals surface area contributed by atoms with Crippen LogP contribution in [-0.4, -0.2) is 21.6 Å². The third kappa shape index (κ3) is 3.45. The molecule has 0 aliphatic rings. The van der Waals surface area contributed by atoms with Crippen LogP contribution in [0.3, 0.4) is 0 Å². The van der Waals surface area contributed by atoms with E-state index in [9.17, 15) is 23.1 Å². The Labute approximate surface area is 151 Å². The molecule has 6 nitrogen and oxygen atoms in total. The highest BCUT2D eigenvalue weighted by atomic mass is 19.4. The van der Waals surface area contributed by atoms with Crippen LogP contribution in [0, 0.1) is 6.92 Å². The van der Waals surface area contributed by atoms with E-state index >= 15 is 0 Å². The van der Waals surface area contributed by atoms with Gasteiger partial charge in [-0.05, 0) is 36.8 Å². The molecule has 27 heavy (non-hydrogen) atoms. The fourth-order valence-corrected chi connectivity index (χ4v) is 2.72. The number of methoxy groups -OCH3 is 1. The predicted molar refractivity (Wildman–Crippen MR) is 93.4 cm³/mol. The summed E-state index contributed by atoms with van der Waals surface area (Å²) in [4.78, 5) is 16.9. The first-order valence-corrected chi connectivity index (χ1v) is 7.90.